The Morgan fingerprint density at radius 2 is 1.65 bits per heavy atom. The van der Waals surface area contributed by atoms with Gasteiger partial charge >= 0.3 is 0 Å². The minimum atomic E-state index is -0.640. The number of rotatable bonds is 10. The van der Waals surface area contributed by atoms with Crippen molar-refractivity contribution in [2.24, 2.45) is 16.8 Å². The predicted octanol–water partition coefficient (Wildman–Crippen LogP) is 5.72. The second kappa shape index (κ2) is 18.1. The van der Waals surface area contributed by atoms with E-state index in [1.54, 1.807) is 12.0 Å². The van der Waals surface area contributed by atoms with E-state index < -0.39 is 11.9 Å². The van der Waals surface area contributed by atoms with Crippen LogP contribution < -0.4 is 25.0 Å². The Hall–Kier alpha value is -5.15. The van der Waals surface area contributed by atoms with Gasteiger partial charge in [0.1, 0.15) is 41.3 Å². The minimum Gasteiger partial charge on any atom is -0.494 e. The van der Waals surface area contributed by atoms with E-state index in [4.69, 9.17) is 19.6 Å². The van der Waals surface area contributed by atoms with Gasteiger partial charge in [-0.2, -0.15) is 5.10 Å². The van der Waals surface area contributed by atoms with Gasteiger partial charge in [-0.1, -0.05) is 13.8 Å². The van der Waals surface area contributed by atoms with Crippen LogP contribution in [0.2, 0.25) is 0 Å². The maximum absolute atomic E-state index is 13.4. The van der Waals surface area contributed by atoms with Crippen molar-refractivity contribution in [3.63, 3.8) is 0 Å². The number of nitrogens with zero attached hydrogens (tertiary/aromatic N) is 7. The molecule has 6 aliphatic heterocycles. The Morgan fingerprint density at radius 3 is 2.37 bits per heavy atom. The minimum absolute atomic E-state index is 0. The summed E-state index contributed by atoms with van der Waals surface area (Å²) in [7, 11) is 1.66. The number of aliphatic imine (C=N–C) groups is 1. The monoisotopic (exact) mass is 867 g/mol. The van der Waals surface area contributed by atoms with E-state index in [1.165, 1.54) is 19.4 Å². The van der Waals surface area contributed by atoms with Gasteiger partial charge in [0.25, 0.3) is 5.91 Å². The van der Waals surface area contributed by atoms with Crippen LogP contribution in [0.25, 0.3) is 16.6 Å². The highest BCUT2D eigenvalue weighted by molar-refractivity contribution is 6.06. The number of aromatic nitrogens is 2. The molecule has 15 heteroatoms. The SMILES string of the molecule is CC.COc1c(N2CCC(CN3CCN(CC4CCN(C5=NCNC(c6n[nH]c7ccc(OC8(C)CC8)cc67)=C5)CC4)[C@H](C)C3)CC2)ccc2c1CN(C1CCC(=O)NC1=O)C2=O.[HH].[HH]. The number of imide groups is 1. The van der Waals surface area contributed by atoms with Gasteiger partial charge in [-0.25, -0.2) is 4.99 Å². The third-order valence-corrected chi connectivity index (χ3v) is 14.5. The van der Waals surface area contributed by atoms with Crippen molar-refractivity contribution in [2.75, 3.05) is 77.6 Å². The van der Waals surface area contributed by atoms with E-state index in [0.29, 0.717) is 43.1 Å². The molecule has 3 amide bonds. The molecule has 3 aromatic rings. The third-order valence-electron chi connectivity index (χ3n) is 14.5. The molecule has 1 unspecified atom stereocenters. The highest BCUT2D eigenvalue weighted by atomic mass is 16.5. The molecule has 1 saturated carbocycles. The number of ether oxygens (including phenoxy) is 2. The number of aromatic amines is 1. The molecule has 0 radical (unpaired) electrons. The molecule has 1 aliphatic carbocycles. The van der Waals surface area contributed by atoms with Gasteiger partial charge in [-0.3, -0.25) is 29.7 Å². The number of hydrogen-bond donors (Lipinski definition) is 3. The standard InChI is InChI=1S/C46H60N10O5.C2H6.2H2/c1-29-24-52(25-30-10-16-53(17-11-30)38-7-5-33-35(43(38)60-3)27-56(45(33)59)39-8-9-41(57)49-44(39)58)20-21-55(29)26-31-12-18-54(19-13-31)40-23-37(47-28-48-40)42-34-22-32(61-46(2)14-15-46)4-6-36(34)50-51-42;1-2;;/h4-7,22-23,29-31,39,47H,8-21,24-28H2,1-3H3,(H,50,51)(H,49,57,58);1-2H3;2*1H/t29-,39?;;;/m1.../s1. The lowest BCUT2D eigenvalue weighted by atomic mass is 9.93. The van der Waals surface area contributed by atoms with Crippen molar-refractivity contribution in [3.8, 4) is 11.5 Å². The molecule has 7 aliphatic rings. The van der Waals surface area contributed by atoms with Gasteiger partial charge in [0, 0.05) is 96.8 Å². The van der Waals surface area contributed by atoms with Crippen LogP contribution in [0.3, 0.4) is 0 Å². The number of amidine groups is 1. The lowest BCUT2D eigenvalue weighted by Crippen LogP contribution is -2.55. The first kappa shape index (κ1) is 43.1. The molecule has 15 nitrogen and oxygen atoms in total. The van der Waals surface area contributed by atoms with Gasteiger partial charge < -0.3 is 34.4 Å². The van der Waals surface area contributed by atoms with Crippen molar-refractivity contribution in [3.05, 3.63) is 53.2 Å². The van der Waals surface area contributed by atoms with Gasteiger partial charge in [0.2, 0.25) is 11.8 Å². The highest BCUT2D eigenvalue weighted by Gasteiger charge is 2.42. The number of hydrogen-bond acceptors (Lipinski definition) is 12. The summed E-state index contributed by atoms with van der Waals surface area (Å²) in [6.07, 6.45) is 9.54. The first-order chi connectivity index (χ1) is 30.6. The quantitative estimate of drug-likeness (QED) is 0.215. The summed E-state index contributed by atoms with van der Waals surface area (Å²) in [4.78, 5) is 54.5. The summed E-state index contributed by atoms with van der Waals surface area (Å²) < 4.78 is 12.2. The second-order valence-corrected chi connectivity index (χ2v) is 18.7. The van der Waals surface area contributed by atoms with Gasteiger partial charge in [0.05, 0.1) is 30.6 Å². The molecule has 2 aromatic carbocycles. The molecule has 342 valence electrons. The fourth-order valence-corrected chi connectivity index (χ4v) is 10.6. The van der Waals surface area contributed by atoms with Crippen LogP contribution >= 0.6 is 0 Å². The summed E-state index contributed by atoms with van der Waals surface area (Å²) in [6, 6.07) is 10.00. The molecule has 0 bridgehead atoms. The van der Waals surface area contributed by atoms with Crippen LogP contribution in [0.4, 0.5) is 5.69 Å². The van der Waals surface area contributed by atoms with E-state index >= 15 is 0 Å². The number of fused-ring (bicyclic) bond motifs is 2. The van der Waals surface area contributed by atoms with Crippen LogP contribution in [0.15, 0.2) is 41.4 Å². The molecule has 3 N–H and O–H groups in total. The smallest absolute Gasteiger partial charge is 0.255 e. The fraction of sp³-hybridized carbons (Fsp3) is 0.604. The Balaban J connectivity index is 0.00000155. The normalized spacial score (nSPS) is 24.6. The lowest BCUT2D eigenvalue weighted by Gasteiger charge is -2.44. The number of methoxy groups -OCH3 is 1. The van der Waals surface area contributed by atoms with Crippen LogP contribution in [0, 0.1) is 11.8 Å². The molecule has 1 aromatic heterocycles. The lowest BCUT2D eigenvalue weighted by molar-refractivity contribution is -0.136. The molecular weight excluding hydrogens is 797 g/mol. The van der Waals surface area contributed by atoms with Crippen LogP contribution in [-0.4, -0.2) is 144 Å². The topological polar surface area (TPSA) is 151 Å². The molecule has 5 fully saturated rings. The number of H-pyrrole nitrogens is 1. The van der Waals surface area contributed by atoms with E-state index in [1.807, 2.05) is 32.0 Å². The average Bonchev–Trinajstić information content (AvgIpc) is 3.72. The van der Waals surface area contributed by atoms with Crippen molar-refractivity contribution in [1.82, 2.24) is 40.4 Å². The number of carbonyl (C=O) groups excluding carboxylic acids is 3. The van der Waals surface area contributed by atoms with Crippen LogP contribution in [0.1, 0.15) is 104 Å². The van der Waals surface area contributed by atoms with E-state index in [-0.39, 0.29) is 26.7 Å². The second-order valence-electron chi connectivity index (χ2n) is 18.7. The largest absolute Gasteiger partial charge is 0.494 e. The van der Waals surface area contributed by atoms with E-state index in [9.17, 15) is 14.4 Å². The number of anilines is 1. The van der Waals surface area contributed by atoms with Crippen LogP contribution in [-0.2, 0) is 16.1 Å². The van der Waals surface area contributed by atoms with Crippen molar-refractivity contribution in [2.45, 2.75) is 103 Å². The predicted molar refractivity (Wildman–Crippen MR) is 249 cm³/mol. The fourth-order valence-electron chi connectivity index (χ4n) is 10.6. The van der Waals surface area contributed by atoms with Crippen molar-refractivity contribution in [1.29, 1.82) is 0 Å². The zero-order valence-corrected chi connectivity index (χ0v) is 37.9. The highest BCUT2D eigenvalue weighted by Crippen LogP contribution is 2.42. The van der Waals surface area contributed by atoms with Crippen LogP contribution in [0.5, 0.6) is 11.5 Å². The molecule has 63 heavy (non-hydrogen) atoms. The zero-order valence-electron chi connectivity index (χ0n) is 37.9. The number of amides is 3. The Morgan fingerprint density at radius 1 is 0.905 bits per heavy atom. The molecule has 2 atom stereocenters. The molecule has 10 rings (SSSR count). The molecule has 0 spiro atoms. The Bertz CT molecular complexity index is 2260. The maximum atomic E-state index is 13.4. The average molecular weight is 867 g/mol. The maximum Gasteiger partial charge on any atom is 0.255 e. The van der Waals surface area contributed by atoms with E-state index in [2.05, 4.69) is 67.4 Å². The summed E-state index contributed by atoms with van der Waals surface area (Å²) in [5.74, 6) is 3.16. The molecule has 7 heterocycles. The third kappa shape index (κ3) is 9.00. The number of benzene rings is 2. The number of nitrogens with one attached hydrogen (secondary N) is 3. The number of likely N-dealkylation sites (tertiary alicyclic amines) is 1. The van der Waals surface area contributed by atoms with Gasteiger partial charge in [-0.15, -0.1) is 0 Å². The summed E-state index contributed by atoms with van der Waals surface area (Å²) in [5.41, 5.74) is 5.33. The van der Waals surface area contributed by atoms with Crippen molar-refractivity contribution < 1.29 is 26.7 Å². The first-order valence-electron chi connectivity index (χ1n) is 23.6. The Kier molecular flexibility index (Phi) is 12.4. The van der Waals surface area contributed by atoms with Crippen molar-refractivity contribution >= 4 is 45.8 Å². The molecule has 4 saturated heterocycles. The summed E-state index contributed by atoms with van der Waals surface area (Å²) in [5, 5.41) is 14.8. The first-order valence-corrected chi connectivity index (χ1v) is 23.6. The summed E-state index contributed by atoms with van der Waals surface area (Å²) >= 11 is 0. The number of piperazine rings is 1. The molecular formula is C48H70N10O5. The van der Waals surface area contributed by atoms with Gasteiger partial charge in [0.15, 0.2) is 0 Å². The zero-order chi connectivity index (χ0) is 43.8. The van der Waals surface area contributed by atoms with Gasteiger partial charge in [-0.05, 0) is 101 Å². The Labute approximate surface area is 374 Å². The van der Waals surface area contributed by atoms with E-state index in [0.717, 1.165) is 129 Å². The number of carbonyl (C=O) groups is 3. The summed E-state index contributed by atoms with van der Waals surface area (Å²) in [6.45, 7) is 19.0. The number of piperidine rings is 3.